The van der Waals surface area contributed by atoms with E-state index in [1.54, 1.807) is 30.3 Å². The zero-order valence-corrected chi connectivity index (χ0v) is 18.9. The molecule has 0 atom stereocenters. The van der Waals surface area contributed by atoms with Crippen molar-refractivity contribution in [3.63, 3.8) is 0 Å². The second-order valence-corrected chi connectivity index (χ2v) is 8.15. The molecule has 4 rings (SSSR count). The molecule has 2 heterocycles. The molecule has 4 aromatic rings. The van der Waals surface area contributed by atoms with Gasteiger partial charge in [-0.3, -0.25) is 9.48 Å². The Labute approximate surface area is 190 Å². The van der Waals surface area contributed by atoms with Crippen LogP contribution in [0.4, 0.5) is 5.69 Å². The summed E-state index contributed by atoms with van der Waals surface area (Å²) in [6.45, 7) is 4.09. The number of aromatic nitrogens is 2. The molecule has 31 heavy (non-hydrogen) atoms. The molecule has 1 amide bonds. The first-order valence-electron chi connectivity index (χ1n) is 9.77. The molecule has 2 aromatic carbocycles. The van der Waals surface area contributed by atoms with E-state index in [2.05, 4.69) is 17.3 Å². The highest BCUT2D eigenvalue weighted by Gasteiger charge is 2.16. The Hall–Kier alpha value is -3.02. The van der Waals surface area contributed by atoms with Crippen LogP contribution in [0.3, 0.4) is 0 Å². The summed E-state index contributed by atoms with van der Waals surface area (Å²) in [4.78, 5) is 12.6. The van der Waals surface area contributed by atoms with Gasteiger partial charge >= 0.3 is 0 Å². The Morgan fingerprint density at radius 3 is 2.48 bits per heavy atom. The SMILES string of the molecule is Cc1nn(C)c(C)c1Cc1ccc(NC(=O)c2ccc(-c3cccc(Cl)c3Cl)o2)cc1. The van der Waals surface area contributed by atoms with E-state index in [-0.39, 0.29) is 11.7 Å². The lowest BCUT2D eigenvalue weighted by Gasteiger charge is -2.07. The molecule has 0 aliphatic carbocycles. The van der Waals surface area contributed by atoms with Crippen LogP contribution in [0.25, 0.3) is 11.3 Å². The lowest BCUT2D eigenvalue weighted by Crippen LogP contribution is -2.10. The summed E-state index contributed by atoms with van der Waals surface area (Å²) >= 11 is 12.3. The first kappa shape index (κ1) is 21.2. The molecular weight excluding hydrogens is 433 g/mol. The van der Waals surface area contributed by atoms with Crippen LogP contribution in [0.1, 0.15) is 33.1 Å². The van der Waals surface area contributed by atoms with Gasteiger partial charge in [0.05, 0.1) is 15.7 Å². The highest BCUT2D eigenvalue weighted by molar-refractivity contribution is 6.43. The van der Waals surface area contributed by atoms with Gasteiger partial charge in [-0.2, -0.15) is 5.10 Å². The molecular formula is C24H21Cl2N3O2. The van der Waals surface area contributed by atoms with Gasteiger partial charge in [-0.05, 0) is 55.8 Å². The summed E-state index contributed by atoms with van der Waals surface area (Å²) in [6, 6.07) is 16.4. The number of carbonyl (C=O) groups is 1. The monoisotopic (exact) mass is 453 g/mol. The third kappa shape index (κ3) is 4.38. The predicted octanol–water partition coefficient (Wildman–Crippen LogP) is 6.45. The Balaban J connectivity index is 1.46. The number of carbonyl (C=O) groups excluding carboxylic acids is 1. The van der Waals surface area contributed by atoms with E-state index in [4.69, 9.17) is 27.6 Å². The summed E-state index contributed by atoms with van der Waals surface area (Å²) in [7, 11) is 1.95. The number of aryl methyl sites for hydroxylation is 2. The van der Waals surface area contributed by atoms with E-state index < -0.39 is 0 Å². The highest BCUT2D eigenvalue weighted by Crippen LogP contribution is 2.34. The Kier molecular flexibility index (Phi) is 5.90. The summed E-state index contributed by atoms with van der Waals surface area (Å²) in [5, 5.41) is 8.14. The topological polar surface area (TPSA) is 60.1 Å². The normalized spacial score (nSPS) is 11.0. The number of furan rings is 1. The van der Waals surface area contributed by atoms with E-state index in [1.165, 1.54) is 5.56 Å². The molecule has 7 heteroatoms. The number of rotatable bonds is 5. The molecule has 0 saturated carbocycles. The van der Waals surface area contributed by atoms with Gasteiger partial charge in [0.15, 0.2) is 5.76 Å². The molecule has 2 aromatic heterocycles. The van der Waals surface area contributed by atoms with Crippen LogP contribution in [-0.2, 0) is 13.5 Å². The quantitative estimate of drug-likeness (QED) is 0.377. The molecule has 0 radical (unpaired) electrons. The molecule has 0 aliphatic rings. The van der Waals surface area contributed by atoms with Crippen molar-refractivity contribution in [3.05, 3.63) is 92.9 Å². The second kappa shape index (κ2) is 8.61. The minimum atomic E-state index is -0.337. The van der Waals surface area contributed by atoms with Gasteiger partial charge in [0.1, 0.15) is 5.76 Å². The number of nitrogens with one attached hydrogen (secondary N) is 1. The summed E-state index contributed by atoms with van der Waals surface area (Å²) in [6.07, 6.45) is 0.793. The second-order valence-electron chi connectivity index (χ2n) is 7.37. The standard InChI is InChI=1S/C24H21Cl2N3O2/c1-14-19(15(2)29(3)28-14)13-16-7-9-17(10-8-16)27-24(30)22-12-11-21(31-22)18-5-4-6-20(25)23(18)26/h4-12H,13H2,1-3H3,(H,27,30). The van der Waals surface area contributed by atoms with Crippen molar-refractivity contribution < 1.29 is 9.21 Å². The maximum Gasteiger partial charge on any atom is 0.291 e. The van der Waals surface area contributed by atoms with Crippen LogP contribution in [-0.4, -0.2) is 15.7 Å². The first-order chi connectivity index (χ1) is 14.8. The lowest BCUT2D eigenvalue weighted by atomic mass is 10.0. The number of hydrogen-bond acceptors (Lipinski definition) is 3. The van der Waals surface area contributed by atoms with Crippen LogP contribution >= 0.6 is 23.2 Å². The van der Waals surface area contributed by atoms with Crippen LogP contribution in [0, 0.1) is 13.8 Å². The number of amides is 1. The van der Waals surface area contributed by atoms with Gasteiger partial charge < -0.3 is 9.73 Å². The van der Waals surface area contributed by atoms with Gasteiger partial charge in [-0.15, -0.1) is 0 Å². The van der Waals surface area contributed by atoms with Crippen LogP contribution in [0.5, 0.6) is 0 Å². The fourth-order valence-corrected chi connectivity index (χ4v) is 3.87. The van der Waals surface area contributed by atoms with Gasteiger partial charge in [0, 0.05) is 36.0 Å². The molecule has 158 valence electrons. The number of anilines is 1. The van der Waals surface area contributed by atoms with Crippen molar-refractivity contribution in [1.29, 1.82) is 0 Å². The number of halogens is 2. The van der Waals surface area contributed by atoms with Crippen molar-refractivity contribution in [2.75, 3.05) is 5.32 Å². The Morgan fingerprint density at radius 2 is 1.81 bits per heavy atom. The van der Waals surface area contributed by atoms with Crippen molar-refractivity contribution in [3.8, 4) is 11.3 Å². The average Bonchev–Trinajstić information content (AvgIpc) is 3.32. The zero-order valence-electron chi connectivity index (χ0n) is 17.4. The highest BCUT2D eigenvalue weighted by atomic mass is 35.5. The lowest BCUT2D eigenvalue weighted by molar-refractivity contribution is 0.0997. The maximum absolute atomic E-state index is 12.6. The average molecular weight is 454 g/mol. The minimum Gasteiger partial charge on any atom is -0.451 e. The summed E-state index contributed by atoms with van der Waals surface area (Å²) < 4.78 is 7.60. The number of benzene rings is 2. The first-order valence-corrected chi connectivity index (χ1v) is 10.5. The minimum absolute atomic E-state index is 0.191. The Bertz CT molecular complexity index is 1260. The van der Waals surface area contributed by atoms with E-state index in [1.807, 2.05) is 42.9 Å². The largest absolute Gasteiger partial charge is 0.451 e. The number of nitrogens with zero attached hydrogens (tertiary/aromatic N) is 2. The molecule has 0 bridgehead atoms. The van der Waals surface area contributed by atoms with Crippen LogP contribution in [0.15, 0.2) is 59.0 Å². The zero-order chi connectivity index (χ0) is 22.1. The summed E-state index contributed by atoms with van der Waals surface area (Å²) in [5.41, 5.74) is 5.88. The van der Waals surface area contributed by atoms with Gasteiger partial charge in [0.25, 0.3) is 5.91 Å². The van der Waals surface area contributed by atoms with Crippen molar-refractivity contribution in [1.82, 2.24) is 9.78 Å². The Morgan fingerprint density at radius 1 is 1.06 bits per heavy atom. The van der Waals surface area contributed by atoms with Gasteiger partial charge in [-0.1, -0.05) is 41.4 Å². The smallest absolute Gasteiger partial charge is 0.291 e. The molecule has 0 saturated heterocycles. The third-order valence-electron chi connectivity index (χ3n) is 5.30. The number of hydrogen-bond donors (Lipinski definition) is 1. The van der Waals surface area contributed by atoms with E-state index in [0.717, 1.165) is 23.4 Å². The summed E-state index contributed by atoms with van der Waals surface area (Å²) in [5.74, 6) is 0.336. The van der Waals surface area contributed by atoms with Crippen molar-refractivity contribution in [2.24, 2.45) is 7.05 Å². The van der Waals surface area contributed by atoms with E-state index in [0.29, 0.717) is 27.1 Å². The molecule has 0 spiro atoms. The molecule has 0 fully saturated rings. The van der Waals surface area contributed by atoms with E-state index in [9.17, 15) is 4.79 Å². The van der Waals surface area contributed by atoms with Gasteiger partial charge in [-0.25, -0.2) is 0 Å². The van der Waals surface area contributed by atoms with Crippen molar-refractivity contribution in [2.45, 2.75) is 20.3 Å². The van der Waals surface area contributed by atoms with E-state index >= 15 is 0 Å². The molecule has 0 aliphatic heterocycles. The maximum atomic E-state index is 12.6. The van der Waals surface area contributed by atoms with Crippen LogP contribution in [0.2, 0.25) is 10.0 Å². The fourth-order valence-electron chi connectivity index (χ4n) is 3.47. The molecule has 0 unspecified atom stereocenters. The predicted molar refractivity (Wildman–Crippen MR) is 124 cm³/mol. The molecule has 1 N–H and O–H groups in total. The van der Waals surface area contributed by atoms with Gasteiger partial charge in [0.2, 0.25) is 0 Å². The fraction of sp³-hybridized carbons (Fsp3) is 0.167. The van der Waals surface area contributed by atoms with Crippen LogP contribution < -0.4 is 5.32 Å². The third-order valence-corrected chi connectivity index (χ3v) is 6.12. The van der Waals surface area contributed by atoms with Crippen molar-refractivity contribution >= 4 is 34.8 Å². The molecule has 5 nitrogen and oxygen atoms in total.